The highest BCUT2D eigenvalue weighted by Crippen LogP contribution is 2.11. The van der Waals surface area contributed by atoms with Crippen LogP contribution in [0.3, 0.4) is 0 Å². The molecule has 1 rings (SSSR count). The topological polar surface area (TPSA) is 70.6 Å². The number of rotatable bonds is 5. The lowest BCUT2D eigenvalue weighted by Gasteiger charge is -2.07. The van der Waals surface area contributed by atoms with Crippen molar-refractivity contribution >= 4 is 29.9 Å². The van der Waals surface area contributed by atoms with E-state index in [4.69, 9.17) is 5.73 Å². The molecule has 0 saturated carbocycles. The Morgan fingerprint density at radius 1 is 1.44 bits per heavy atom. The van der Waals surface area contributed by atoms with Crippen LogP contribution in [-0.2, 0) is 6.54 Å². The van der Waals surface area contributed by atoms with E-state index in [9.17, 15) is 5.11 Å². The number of hydrogen-bond acceptors (Lipinski definition) is 2. The van der Waals surface area contributed by atoms with Crippen LogP contribution in [0.4, 0.5) is 0 Å². The second kappa shape index (κ2) is 9.02. The molecule has 0 bridgehead atoms. The Kier molecular flexibility index (Phi) is 8.53. The Labute approximate surface area is 126 Å². The van der Waals surface area contributed by atoms with Gasteiger partial charge >= 0.3 is 0 Å². The van der Waals surface area contributed by atoms with Crippen molar-refractivity contribution in [3.63, 3.8) is 0 Å². The Morgan fingerprint density at radius 2 is 2.17 bits per heavy atom. The number of aliphatic imine (C=N–C) groups is 1. The van der Waals surface area contributed by atoms with Gasteiger partial charge in [-0.25, -0.2) is 4.99 Å². The molecule has 1 aromatic rings. The van der Waals surface area contributed by atoms with Gasteiger partial charge in [-0.05, 0) is 30.0 Å². The predicted octanol–water partition coefficient (Wildman–Crippen LogP) is 2.46. The van der Waals surface area contributed by atoms with Crippen molar-refractivity contribution in [2.45, 2.75) is 26.8 Å². The third kappa shape index (κ3) is 7.37. The van der Waals surface area contributed by atoms with Gasteiger partial charge in [-0.15, -0.1) is 24.0 Å². The van der Waals surface area contributed by atoms with Gasteiger partial charge in [0.1, 0.15) is 5.75 Å². The number of nitrogens with two attached hydrogens (primary N) is 1. The monoisotopic (exact) mass is 363 g/mol. The third-order valence-corrected chi connectivity index (χ3v) is 2.37. The Bertz CT molecular complexity index is 380. The van der Waals surface area contributed by atoms with Crippen molar-refractivity contribution in [1.29, 1.82) is 0 Å². The molecule has 0 aliphatic carbocycles. The highest BCUT2D eigenvalue weighted by Gasteiger charge is 1.96. The minimum Gasteiger partial charge on any atom is -0.508 e. The lowest BCUT2D eigenvalue weighted by Crippen LogP contribution is -2.32. The fraction of sp³-hybridized carbons (Fsp3) is 0.462. The molecule has 0 aliphatic rings. The first-order valence-electron chi connectivity index (χ1n) is 5.89. The summed E-state index contributed by atoms with van der Waals surface area (Å²) in [5.41, 5.74) is 6.67. The molecular formula is C13H22IN3O. The molecule has 0 spiro atoms. The molecule has 0 saturated heterocycles. The summed E-state index contributed by atoms with van der Waals surface area (Å²) in [6, 6.07) is 7.02. The second-order valence-corrected chi connectivity index (χ2v) is 4.48. The van der Waals surface area contributed by atoms with Crippen molar-refractivity contribution in [2.75, 3.05) is 6.54 Å². The van der Waals surface area contributed by atoms with Gasteiger partial charge in [-0.3, -0.25) is 0 Å². The normalized spacial score (nSPS) is 11.2. The number of nitrogens with zero attached hydrogens (tertiary/aromatic N) is 1. The Balaban J connectivity index is 0.00000289. The first-order chi connectivity index (χ1) is 8.08. The summed E-state index contributed by atoms with van der Waals surface area (Å²) in [6.45, 7) is 5.66. The number of phenols is 1. The predicted molar refractivity (Wildman–Crippen MR) is 86.3 cm³/mol. The van der Waals surface area contributed by atoms with Crippen molar-refractivity contribution in [2.24, 2.45) is 16.6 Å². The quantitative estimate of drug-likeness (QED) is 0.428. The summed E-state index contributed by atoms with van der Waals surface area (Å²) < 4.78 is 0. The summed E-state index contributed by atoms with van der Waals surface area (Å²) >= 11 is 0. The van der Waals surface area contributed by atoms with E-state index >= 15 is 0 Å². The van der Waals surface area contributed by atoms with E-state index in [2.05, 4.69) is 24.2 Å². The zero-order chi connectivity index (χ0) is 12.7. The van der Waals surface area contributed by atoms with Crippen LogP contribution in [0.15, 0.2) is 29.3 Å². The van der Waals surface area contributed by atoms with Gasteiger partial charge in [-0.1, -0.05) is 26.0 Å². The number of benzene rings is 1. The third-order valence-electron chi connectivity index (χ3n) is 2.37. The van der Waals surface area contributed by atoms with Crippen molar-refractivity contribution in [3.8, 4) is 5.75 Å². The average Bonchev–Trinajstić information content (AvgIpc) is 2.26. The first kappa shape index (κ1) is 17.0. The molecule has 4 nitrogen and oxygen atoms in total. The fourth-order valence-electron chi connectivity index (χ4n) is 1.38. The highest BCUT2D eigenvalue weighted by atomic mass is 127. The average molecular weight is 363 g/mol. The molecule has 102 valence electrons. The van der Waals surface area contributed by atoms with E-state index in [1.54, 1.807) is 18.2 Å². The molecule has 0 aliphatic heterocycles. The number of hydrogen-bond donors (Lipinski definition) is 3. The van der Waals surface area contributed by atoms with Crippen LogP contribution in [0.25, 0.3) is 0 Å². The molecule has 0 unspecified atom stereocenters. The molecular weight excluding hydrogens is 341 g/mol. The smallest absolute Gasteiger partial charge is 0.188 e. The SMILES string of the molecule is CC(C)CCNC(N)=NCc1cccc(O)c1.I. The van der Waals surface area contributed by atoms with E-state index < -0.39 is 0 Å². The zero-order valence-corrected chi connectivity index (χ0v) is 13.2. The second-order valence-electron chi connectivity index (χ2n) is 4.48. The van der Waals surface area contributed by atoms with Gasteiger partial charge in [0.25, 0.3) is 0 Å². The summed E-state index contributed by atoms with van der Waals surface area (Å²) in [7, 11) is 0. The number of phenolic OH excluding ortho intramolecular Hbond substituents is 1. The van der Waals surface area contributed by atoms with Gasteiger partial charge in [0, 0.05) is 6.54 Å². The van der Waals surface area contributed by atoms with Gasteiger partial charge in [-0.2, -0.15) is 0 Å². The molecule has 0 heterocycles. The molecule has 0 aromatic heterocycles. The van der Waals surface area contributed by atoms with E-state index in [1.165, 1.54) is 0 Å². The van der Waals surface area contributed by atoms with Gasteiger partial charge in [0.15, 0.2) is 5.96 Å². The van der Waals surface area contributed by atoms with Crippen LogP contribution in [0.2, 0.25) is 0 Å². The van der Waals surface area contributed by atoms with Gasteiger partial charge in [0.05, 0.1) is 6.54 Å². The maximum atomic E-state index is 9.29. The van der Waals surface area contributed by atoms with E-state index in [0.717, 1.165) is 18.5 Å². The zero-order valence-electron chi connectivity index (χ0n) is 10.9. The molecule has 0 radical (unpaired) electrons. The highest BCUT2D eigenvalue weighted by molar-refractivity contribution is 14.0. The molecule has 1 aromatic carbocycles. The van der Waals surface area contributed by atoms with Crippen molar-refractivity contribution in [3.05, 3.63) is 29.8 Å². The fourth-order valence-corrected chi connectivity index (χ4v) is 1.38. The van der Waals surface area contributed by atoms with Crippen LogP contribution in [0.5, 0.6) is 5.75 Å². The van der Waals surface area contributed by atoms with Crippen molar-refractivity contribution < 1.29 is 5.11 Å². The van der Waals surface area contributed by atoms with E-state index in [1.807, 2.05) is 6.07 Å². The summed E-state index contributed by atoms with van der Waals surface area (Å²) in [5, 5.41) is 12.3. The number of nitrogens with one attached hydrogen (secondary N) is 1. The summed E-state index contributed by atoms with van der Waals surface area (Å²) in [6.07, 6.45) is 1.07. The summed E-state index contributed by atoms with van der Waals surface area (Å²) in [5.74, 6) is 1.36. The molecule has 5 heteroatoms. The minimum absolute atomic E-state index is 0. The Morgan fingerprint density at radius 3 is 2.78 bits per heavy atom. The standard InChI is InChI=1S/C13H21N3O.HI/c1-10(2)6-7-15-13(14)16-9-11-4-3-5-12(17)8-11;/h3-5,8,10,17H,6-7,9H2,1-2H3,(H3,14,15,16);1H. The lowest BCUT2D eigenvalue weighted by molar-refractivity contribution is 0.474. The molecule has 4 N–H and O–H groups in total. The maximum absolute atomic E-state index is 9.29. The van der Waals surface area contributed by atoms with Crippen LogP contribution >= 0.6 is 24.0 Å². The lowest BCUT2D eigenvalue weighted by atomic mass is 10.1. The van der Waals surface area contributed by atoms with Gasteiger partial charge < -0.3 is 16.2 Å². The van der Waals surface area contributed by atoms with Crippen LogP contribution in [0.1, 0.15) is 25.8 Å². The van der Waals surface area contributed by atoms with E-state index in [0.29, 0.717) is 18.4 Å². The van der Waals surface area contributed by atoms with Gasteiger partial charge in [0.2, 0.25) is 0 Å². The molecule has 0 fully saturated rings. The Hall–Kier alpha value is -0.980. The number of guanidine groups is 1. The van der Waals surface area contributed by atoms with Crippen LogP contribution in [-0.4, -0.2) is 17.6 Å². The minimum atomic E-state index is 0. The summed E-state index contributed by atoms with van der Waals surface area (Å²) in [4.78, 5) is 4.20. The molecule has 0 atom stereocenters. The van der Waals surface area contributed by atoms with Crippen LogP contribution < -0.4 is 11.1 Å². The number of aromatic hydroxyl groups is 1. The largest absolute Gasteiger partial charge is 0.508 e. The maximum Gasteiger partial charge on any atom is 0.188 e. The number of halogens is 1. The molecule has 0 amide bonds. The first-order valence-corrected chi connectivity index (χ1v) is 5.89. The molecule has 18 heavy (non-hydrogen) atoms. The van der Waals surface area contributed by atoms with Crippen molar-refractivity contribution in [1.82, 2.24) is 5.32 Å². The van der Waals surface area contributed by atoms with Crippen LogP contribution in [0, 0.1) is 5.92 Å². The van der Waals surface area contributed by atoms with E-state index in [-0.39, 0.29) is 29.7 Å².